The van der Waals surface area contributed by atoms with Crippen molar-refractivity contribution in [3.05, 3.63) is 35.9 Å². The Kier molecular flexibility index (Phi) is 5.09. The molecule has 8 heteroatoms. The van der Waals surface area contributed by atoms with E-state index in [0.717, 1.165) is 18.0 Å². The summed E-state index contributed by atoms with van der Waals surface area (Å²) in [6, 6.07) is 9.24. The van der Waals surface area contributed by atoms with Gasteiger partial charge in [0.2, 0.25) is 5.91 Å². The van der Waals surface area contributed by atoms with Gasteiger partial charge in [-0.3, -0.25) is 19.4 Å². The summed E-state index contributed by atoms with van der Waals surface area (Å²) in [6.07, 6.45) is 0. The molecule has 3 saturated heterocycles. The van der Waals surface area contributed by atoms with E-state index in [1.54, 1.807) is 9.80 Å². The number of hydrogen-bond acceptors (Lipinski definition) is 5. The van der Waals surface area contributed by atoms with Gasteiger partial charge in [-0.15, -0.1) is 0 Å². The van der Waals surface area contributed by atoms with E-state index in [4.69, 9.17) is 4.74 Å². The van der Waals surface area contributed by atoms with Crippen molar-refractivity contribution in [1.82, 2.24) is 19.6 Å². The fraction of sp³-hybridized carbons (Fsp3) is 0.526. The smallest absolute Gasteiger partial charge is 0.328 e. The van der Waals surface area contributed by atoms with Crippen molar-refractivity contribution in [2.75, 3.05) is 52.5 Å². The lowest BCUT2D eigenvalue weighted by molar-refractivity contribution is -0.140. The Morgan fingerprint density at radius 3 is 2.52 bits per heavy atom. The SMILES string of the molecule is O=C(CN1C(=O)C2CN(Cc3ccccc3)CCN2C1=O)N1CCOCC1. The van der Waals surface area contributed by atoms with E-state index in [9.17, 15) is 14.4 Å². The number of hydrogen-bond donors (Lipinski definition) is 0. The fourth-order valence-electron chi connectivity index (χ4n) is 3.89. The highest BCUT2D eigenvalue weighted by atomic mass is 16.5. The lowest BCUT2D eigenvalue weighted by Crippen LogP contribution is -2.52. The zero-order valence-electron chi connectivity index (χ0n) is 15.2. The Morgan fingerprint density at radius 2 is 1.78 bits per heavy atom. The van der Waals surface area contributed by atoms with Gasteiger partial charge in [0.1, 0.15) is 12.6 Å². The van der Waals surface area contributed by atoms with E-state index >= 15 is 0 Å². The van der Waals surface area contributed by atoms with E-state index in [1.165, 1.54) is 5.56 Å². The highest BCUT2D eigenvalue weighted by Gasteiger charge is 2.48. The number of urea groups is 1. The molecule has 0 radical (unpaired) electrons. The minimum atomic E-state index is -0.493. The number of carbonyl (C=O) groups is 3. The molecule has 1 unspecified atom stereocenters. The molecule has 1 aromatic carbocycles. The summed E-state index contributed by atoms with van der Waals surface area (Å²) < 4.78 is 5.24. The van der Waals surface area contributed by atoms with Crippen LogP contribution >= 0.6 is 0 Å². The maximum Gasteiger partial charge on any atom is 0.328 e. The highest BCUT2D eigenvalue weighted by molar-refractivity contribution is 6.06. The van der Waals surface area contributed by atoms with Gasteiger partial charge in [0, 0.05) is 39.3 Å². The van der Waals surface area contributed by atoms with E-state index in [0.29, 0.717) is 39.4 Å². The van der Waals surface area contributed by atoms with Crippen LogP contribution < -0.4 is 0 Å². The summed E-state index contributed by atoms with van der Waals surface area (Å²) in [6.45, 7) is 4.30. The average molecular weight is 372 g/mol. The lowest BCUT2D eigenvalue weighted by atomic mass is 10.1. The molecule has 0 bridgehead atoms. The molecule has 1 aromatic rings. The number of carbonyl (C=O) groups excluding carboxylic acids is 3. The Balaban J connectivity index is 1.39. The van der Waals surface area contributed by atoms with Crippen molar-refractivity contribution in [3.63, 3.8) is 0 Å². The lowest BCUT2D eigenvalue weighted by Gasteiger charge is -2.35. The van der Waals surface area contributed by atoms with Crippen LogP contribution in [0.3, 0.4) is 0 Å². The minimum absolute atomic E-state index is 0.177. The first-order valence-electron chi connectivity index (χ1n) is 9.37. The van der Waals surface area contributed by atoms with Crippen LogP contribution in [0.2, 0.25) is 0 Å². The van der Waals surface area contributed by atoms with E-state index < -0.39 is 6.04 Å². The van der Waals surface area contributed by atoms with E-state index in [1.807, 2.05) is 18.2 Å². The second kappa shape index (κ2) is 7.66. The van der Waals surface area contributed by atoms with Crippen LogP contribution in [0.1, 0.15) is 5.56 Å². The van der Waals surface area contributed by atoms with Crippen LogP contribution in [0.15, 0.2) is 30.3 Å². The second-order valence-corrected chi connectivity index (χ2v) is 7.13. The third kappa shape index (κ3) is 3.68. The molecule has 3 aliphatic rings. The minimum Gasteiger partial charge on any atom is -0.378 e. The largest absolute Gasteiger partial charge is 0.378 e. The molecule has 0 N–H and O–H groups in total. The quantitative estimate of drug-likeness (QED) is 0.696. The van der Waals surface area contributed by atoms with Crippen LogP contribution in [0.25, 0.3) is 0 Å². The molecule has 4 amide bonds. The Bertz CT molecular complexity index is 720. The van der Waals surface area contributed by atoms with Crippen molar-refractivity contribution in [3.8, 4) is 0 Å². The molecule has 1 atom stereocenters. The molecule has 0 aliphatic carbocycles. The predicted octanol–water partition coefficient (Wildman–Crippen LogP) is -0.00620. The number of fused-ring (bicyclic) bond motifs is 1. The number of benzene rings is 1. The first kappa shape index (κ1) is 17.9. The molecule has 144 valence electrons. The van der Waals surface area contributed by atoms with Gasteiger partial charge in [-0.2, -0.15) is 0 Å². The van der Waals surface area contributed by atoms with Crippen LogP contribution in [-0.2, 0) is 20.9 Å². The van der Waals surface area contributed by atoms with Crippen molar-refractivity contribution < 1.29 is 19.1 Å². The van der Waals surface area contributed by atoms with Crippen LogP contribution in [0.5, 0.6) is 0 Å². The fourth-order valence-corrected chi connectivity index (χ4v) is 3.89. The number of nitrogens with zero attached hydrogens (tertiary/aromatic N) is 4. The topological polar surface area (TPSA) is 73.4 Å². The number of rotatable bonds is 4. The molecule has 8 nitrogen and oxygen atoms in total. The summed E-state index contributed by atoms with van der Waals surface area (Å²) in [7, 11) is 0. The molecular weight excluding hydrogens is 348 g/mol. The van der Waals surface area contributed by atoms with Gasteiger partial charge in [-0.1, -0.05) is 30.3 Å². The Hall–Kier alpha value is -2.45. The maximum absolute atomic E-state index is 12.8. The van der Waals surface area contributed by atoms with Gasteiger partial charge in [-0.05, 0) is 5.56 Å². The monoisotopic (exact) mass is 372 g/mol. The predicted molar refractivity (Wildman–Crippen MR) is 96.7 cm³/mol. The molecule has 3 fully saturated rings. The molecular formula is C19H24N4O4. The molecule has 4 rings (SSSR count). The standard InChI is InChI=1S/C19H24N4O4/c24-17(21-8-10-27-11-9-21)14-23-18(25)16-13-20(6-7-22(16)19(23)26)12-15-4-2-1-3-5-15/h1-5,16H,6-14H2. The number of piperazine rings is 1. The molecule has 3 heterocycles. The average Bonchev–Trinajstić information content (AvgIpc) is 2.94. The van der Waals surface area contributed by atoms with Gasteiger partial charge < -0.3 is 14.5 Å². The van der Waals surface area contributed by atoms with Crippen molar-refractivity contribution in [1.29, 1.82) is 0 Å². The molecule has 0 spiro atoms. The molecule has 0 aromatic heterocycles. The summed E-state index contributed by atoms with van der Waals surface area (Å²) >= 11 is 0. The summed E-state index contributed by atoms with van der Waals surface area (Å²) in [5.74, 6) is -0.458. The number of imide groups is 1. The molecule has 0 saturated carbocycles. The number of amides is 4. The van der Waals surface area contributed by atoms with Crippen molar-refractivity contribution in [2.24, 2.45) is 0 Å². The van der Waals surface area contributed by atoms with Gasteiger partial charge in [-0.25, -0.2) is 4.79 Å². The summed E-state index contributed by atoms with van der Waals surface area (Å²) in [5.41, 5.74) is 1.18. The second-order valence-electron chi connectivity index (χ2n) is 7.13. The normalized spacial score (nSPS) is 23.7. The maximum atomic E-state index is 12.8. The summed E-state index contributed by atoms with van der Waals surface area (Å²) in [4.78, 5) is 44.5. The third-order valence-corrected chi connectivity index (χ3v) is 5.40. The van der Waals surface area contributed by atoms with Gasteiger partial charge in [0.15, 0.2) is 0 Å². The molecule has 27 heavy (non-hydrogen) atoms. The van der Waals surface area contributed by atoms with Crippen molar-refractivity contribution >= 4 is 17.8 Å². The summed E-state index contributed by atoms with van der Waals surface area (Å²) in [5, 5.41) is 0. The van der Waals surface area contributed by atoms with Gasteiger partial charge in [0.05, 0.1) is 13.2 Å². The van der Waals surface area contributed by atoms with Crippen LogP contribution in [-0.4, -0.2) is 96.0 Å². The third-order valence-electron chi connectivity index (χ3n) is 5.40. The van der Waals surface area contributed by atoms with Crippen molar-refractivity contribution in [2.45, 2.75) is 12.6 Å². The first-order valence-corrected chi connectivity index (χ1v) is 9.37. The zero-order valence-corrected chi connectivity index (χ0v) is 15.2. The highest BCUT2D eigenvalue weighted by Crippen LogP contribution is 2.23. The molecule has 3 aliphatic heterocycles. The van der Waals surface area contributed by atoms with Crippen LogP contribution in [0, 0.1) is 0 Å². The Morgan fingerprint density at radius 1 is 1.04 bits per heavy atom. The first-order chi connectivity index (χ1) is 13.1. The van der Waals surface area contributed by atoms with Gasteiger partial charge >= 0.3 is 6.03 Å². The Labute approximate surface area is 158 Å². The zero-order chi connectivity index (χ0) is 18.8. The van der Waals surface area contributed by atoms with Gasteiger partial charge in [0.25, 0.3) is 5.91 Å². The number of ether oxygens (including phenoxy) is 1. The van der Waals surface area contributed by atoms with E-state index in [-0.39, 0.29) is 24.4 Å². The van der Waals surface area contributed by atoms with E-state index in [2.05, 4.69) is 17.0 Å². The van der Waals surface area contributed by atoms with Crippen LogP contribution in [0.4, 0.5) is 4.79 Å². The number of morpholine rings is 1.